The van der Waals surface area contributed by atoms with Gasteiger partial charge in [-0.25, -0.2) is 5.10 Å². The quantitative estimate of drug-likeness (QED) is 0.775. The molecule has 0 aliphatic rings. The van der Waals surface area contributed by atoms with E-state index in [9.17, 15) is 14.4 Å². The molecule has 0 saturated carbocycles. The lowest BCUT2D eigenvalue weighted by atomic mass is 10.0. The second-order valence-corrected chi connectivity index (χ2v) is 4.59. The van der Waals surface area contributed by atoms with E-state index in [1.54, 1.807) is 6.92 Å². The van der Waals surface area contributed by atoms with Crippen LogP contribution in [0.4, 0.5) is 0 Å². The van der Waals surface area contributed by atoms with Gasteiger partial charge in [0.15, 0.2) is 0 Å². The number of carboxylic acid groups (broad SMARTS) is 1. The van der Waals surface area contributed by atoms with Crippen molar-refractivity contribution < 1.29 is 14.7 Å². The first-order chi connectivity index (χ1) is 9.96. The van der Waals surface area contributed by atoms with Gasteiger partial charge in [-0.3, -0.25) is 14.4 Å². The summed E-state index contributed by atoms with van der Waals surface area (Å²) in [5.74, 6) is -1.41. The minimum atomic E-state index is -0.977. The van der Waals surface area contributed by atoms with E-state index in [1.807, 2.05) is 13.8 Å². The third-order valence-electron chi connectivity index (χ3n) is 3.34. The molecule has 0 spiro atoms. The maximum absolute atomic E-state index is 12.5. The van der Waals surface area contributed by atoms with Crippen LogP contribution in [0.1, 0.15) is 48.8 Å². The van der Waals surface area contributed by atoms with Crippen molar-refractivity contribution in [2.24, 2.45) is 0 Å². The van der Waals surface area contributed by atoms with Gasteiger partial charge in [-0.1, -0.05) is 13.8 Å². The van der Waals surface area contributed by atoms with Crippen LogP contribution in [0.3, 0.4) is 0 Å². The molecule has 0 aliphatic carbocycles. The van der Waals surface area contributed by atoms with Crippen molar-refractivity contribution in [2.75, 3.05) is 13.1 Å². The summed E-state index contributed by atoms with van der Waals surface area (Å²) in [4.78, 5) is 36.6. The number of aromatic amines is 1. The molecule has 0 fully saturated rings. The van der Waals surface area contributed by atoms with Crippen LogP contribution in [0.2, 0.25) is 0 Å². The van der Waals surface area contributed by atoms with Crippen LogP contribution in [0.5, 0.6) is 0 Å². The molecule has 1 aromatic heterocycles. The molecular weight excluding hydrogens is 274 g/mol. The zero-order chi connectivity index (χ0) is 16.0. The molecular formula is C14H21N3O4. The van der Waals surface area contributed by atoms with E-state index < -0.39 is 17.4 Å². The Balaban J connectivity index is 3.21. The Hall–Kier alpha value is -2.18. The van der Waals surface area contributed by atoms with Gasteiger partial charge >= 0.3 is 5.97 Å². The SMILES string of the molecule is CCc1n[nH]c(=O)c(C(=O)N(CC)CCC(=O)O)c1CC. The zero-order valence-electron chi connectivity index (χ0n) is 12.6. The Kier molecular flexibility index (Phi) is 6.08. The van der Waals surface area contributed by atoms with Crippen molar-refractivity contribution in [3.05, 3.63) is 27.2 Å². The number of hydrogen-bond donors (Lipinski definition) is 2. The minimum Gasteiger partial charge on any atom is -0.481 e. The Morgan fingerprint density at radius 3 is 2.38 bits per heavy atom. The fourth-order valence-corrected chi connectivity index (χ4v) is 2.21. The second kappa shape index (κ2) is 7.56. The number of aromatic nitrogens is 2. The number of carboxylic acids is 1. The van der Waals surface area contributed by atoms with Crippen molar-refractivity contribution in [3.8, 4) is 0 Å². The number of carbonyl (C=O) groups excluding carboxylic acids is 1. The molecule has 0 bridgehead atoms. The number of rotatable bonds is 7. The van der Waals surface area contributed by atoms with Crippen LogP contribution in [-0.2, 0) is 17.6 Å². The average molecular weight is 295 g/mol. The van der Waals surface area contributed by atoms with Crippen molar-refractivity contribution in [1.82, 2.24) is 15.1 Å². The highest BCUT2D eigenvalue weighted by molar-refractivity contribution is 5.95. The lowest BCUT2D eigenvalue weighted by molar-refractivity contribution is -0.137. The van der Waals surface area contributed by atoms with Crippen LogP contribution in [-0.4, -0.2) is 45.2 Å². The van der Waals surface area contributed by atoms with Crippen molar-refractivity contribution in [2.45, 2.75) is 40.0 Å². The molecule has 116 valence electrons. The maximum atomic E-state index is 12.5. The van der Waals surface area contributed by atoms with Crippen LogP contribution < -0.4 is 5.56 Å². The van der Waals surface area contributed by atoms with Gasteiger partial charge in [0.25, 0.3) is 11.5 Å². The van der Waals surface area contributed by atoms with E-state index in [2.05, 4.69) is 10.2 Å². The number of aryl methyl sites for hydroxylation is 1. The topological polar surface area (TPSA) is 103 Å². The highest BCUT2D eigenvalue weighted by Crippen LogP contribution is 2.13. The van der Waals surface area contributed by atoms with E-state index in [0.717, 1.165) is 0 Å². The lowest BCUT2D eigenvalue weighted by Gasteiger charge is -2.21. The fraction of sp³-hybridized carbons (Fsp3) is 0.571. The van der Waals surface area contributed by atoms with E-state index >= 15 is 0 Å². The van der Waals surface area contributed by atoms with Crippen molar-refractivity contribution in [1.29, 1.82) is 0 Å². The number of carbonyl (C=O) groups is 2. The summed E-state index contributed by atoms with van der Waals surface area (Å²) in [6, 6.07) is 0. The minimum absolute atomic E-state index is 0.0802. The van der Waals surface area contributed by atoms with Gasteiger partial charge in [-0.2, -0.15) is 5.10 Å². The number of nitrogens with one attached hydrogen (secondary N) is 1. The normalized spacial score (nSPS) is 10.4. The molecule has 2 N–H and O–H groups in total. The molecule has 1 aromatic rings. The zero-order valence-corrected chi connectivity index (χ0v) is 12.6. The maximum Gasteiger partial charge on any atom is 0.305 e. The average Bonchev–Trinajstić information content (AvgIpc) is 2.46. The van der Waals surface area contributed by atoms with E-state index in [1.165, 1.54) is 4.90 Å². The first-order valence-electron chi connectivity index (χ1n) is 7.07. The molecule has 1 rings (SSSR count). The molecule has 0 aromatic carbocycles. The Labute approximate surface area is 123 Å². The summed E-state index contributed by atoms with van der Waals surface area (Å²) >= 11 is 0. The number of nitrogens with zero attached hydrogens (tertiary/aromatic N) is 2. The molecule has 0 unspecified atom stereocenters. The largest absolute Gasteiger partial charge is 0.481 e. The summed E-state index contributed by atoms with van der Waals surface area (Å²) in [5, 5.41) is 15.0. The van der Waals surface area contributed by atoms with Crippen LogP contribution >= 0.6 is 0 Å². The monoisotopic (exact) mass is 295 g/mol. The molecule has 1 amide bonds. The molecule has 0 saturated heterocycles. The van der Waals surface area contributed by atoms with Crippen LogP contribution in [0.15, 0.2) is 4.79 Å². The summed E-state index contributed by atoms with van der Waals surface area (Å²) in [6.07, 6.45) is 0.990. The van der Waals surface area contributed by atoms with Gasteiger partial charge < -0.3 is 10.0 Å². The highest BCUT2D eigenvalue weighted by atomic mass is 16.4. The van der Waals surface area contributed by atoms with Gasteiger partial charge in [-0.05, 0) is 25.3 Å². The lowest BCUT2D eigenvalue weighted by Crippen LogP contribution is -2.37. The first-order valence-corrected chi connectivity index (χ1v) is 7.07. The number of hydrogen-bond acceptors (Lipinski definition) is 4. The van der Waals surface area contributed by atoms with Crippen molar-refractivity contribution in [3.63, 3.8) is 0 Å². The van der Waals surface area contributed by atoms with Gasteiger partial charge in [0.2, 0.25) is 0 Å². The van der Waals surface area contributed by atoms with E-state index in [-0.39, 0.29) is 18.5 Å². The Bertz CT molecular complexity index is 580. The fourth-order valence-electron chi connectivity index (χ4n) is 2.21. The number of H-pyrrole nitrogens is 1. The summed E-state index contributed by atoms with van der Waals surface area (Å²) in [7, 11) is 0. The third-order valence-corrected chi connectivity index (χ3v) is 3.34. The molecule has 1 heterocycles. The number of aliphatic carboxylic acids is 1. The van der Waals surface area contributed by atoms with E-state index in [0.29, 0.717) is 30.6 Å². The summed E-state index contributed by atoms with van der Waals surface area (Å²) in [6.45, 7) is 5.94. The summed E-state index contributed by atoms with van der Waals surface area (Å²) < 4.78 is 0. The molecule has 7 heteroatoms. The van der Waals surface area contributed by atoms with Crippen LogP contribution in [0.25, 0.3) is 0 Å². The number of amides is 1. The van der Waals surface area contributed by atoms with Crippen molar-refractivity contribution >= 4 is 11.9 Å². The predicted molar refractivity (Wildman–Crippen MR) is 77.4 cm³/mol. The summed E-state index contributed by atoms with van der Waals surface area (Å²) in [5.41, 5.74) is 0.883. The first kappa shape index (κ1) is 16.9. The van der Waals surface area contributed by atoms with Gasteiger partial charge in [0, 0.05) is 13.1 Å². The van der Waals surface area contributed by atoms with Gasteiger partial charge in [-0.15, -0.1) is 0 Å². The molecule has 0 aliphatic heterocycles. The van der Waals surface area contributed by atoms with Gasteiger partial charge in [0.1, 0.15) is 5.56 Å². The third kappa shape index (κ3) is 3.90. The molecule has 0 atom stereocenters. The molecule has 7 nitrogen and oxygen atoms in total. The van der Waals surface area contributed by atoms with Gasteiger partial charge in [0.05, 0.1) is 12.1 Å². The Morgan fingerprint density at radius 1 is 1.24 bits per heavy atom. The molecule has 21 heavy (non-hydrogen) atoms. The predicted octanol–water partition coefficient (Wildman–Crippen LogP) is 0.831. The van der Waals surface area contributed by atoms with Crippen LogP contribution in [0, 0.1) is 0 Å². The highest BCUT2D eigenvalue weighted by Gasteiger charge is 2.23. The standard InChI is InChI=1S/C14H21N3O4/c1-4-9-10(5-2)15-16-13(20)12(9)14(21)17(6-3)8-7-11(18)19/h4-8H2,1-3H3,(H,16,20)(H,18,19). The molecule has 0 radical (unpaired) electrons. The Morgan fingerprint density at radius 2 is 1.90 bits per heavy atom. The smallest absolute Gasteiger partial charge is 0.305 e. The van der Waals surface area contributed by atoms with E-state index in [4.69, 9.17) is 5.11 Å². The second-order valence-electron chi connectivity index (χ2n) is 4.59.